The molecule has 0 aliphatic rings. The molecule has 1 heterocycles. The van der Waals surface area contributed by atoms with Crippen molar-refractivity contribution in [3.05, 3.63) is 48.0 Å². The average molecular weight is 358 g/mol. The van der Waals surface area contributed by atoms with Crippen molar-refractivity contribution < 1.29 is 4.79 Å². The summed E-state index contributed by atoms with van der Waals surface area (Å²) in [5.74, 6) is 1.15. The van der Waals surface area contributed by atoms with Gasteiger partial charge in [-0.3, -0.25) is 4.79 Å². The third-order valence-corrected chi connectivity index (χ3v) is 5.50. The lowest BCUT2D eigenvalue weighted by Gasteiger charge is -2.04. The number of hydrogen-bond acceptors (Lipinski definition) is 5. The van der Waals surface area contributed by atoms with E-state index >= 15 is 0 Å². The molecule has 3 aromatic rings. The Balaban J connectivity index is 1.64. The maximum absolute atomic E-state index is 11.8. The Kier molecular flexibility index (Phi) is 5.48. The Morgan fingerprint density at radius 2 is 1.96 bits per heavy atom. The molecule has 0 saturated carbocycles. The fourth-order valence-electron chi connectivity index (χ4n) is 2.42. The van der Waals surface area contributed by atoms with Gasteiger partial charge in [-0.25, -0.2) is 0 Å². The molecule has 0 unspecified atom stereocenters. The monoisotopic (exact) mass is 357 g/mol. The minimum atomic E-state index is -0.00764. The zero-order chi connectivity index (χ0) is 16.9. The summed E-state index contributed by atoms with van der Waals surface area (Å²) in [4.78, 5) is 11.8. The second kappa shape index (κ2) is 7.77. The van der Waals surface area contributed by atoms with Gasteiger partial charge in [-0.05, 0) is 22.3 Å². The summed E-state index contributed by atoms with van der Waals surface area (Å²) >= 11 is 3.07. The fourth-order valence-corrected chi connectivity index (χ4v) is 4.19. The number of anilines is 1. The Morgan fingerprint density at radius 3 is 2.79 bits per heavy atom. The van der Waals surface area contributed by atoms with Crippen molar-refractivity contribution in [2.45, 2.75) is 30.4 Å². The highest BCUT2D eigenvalue weighted by molar-refractivity contribution is 8.00. The molecule has 1 N–H and O–H groups in total. The van der Waals surface area contributed by atoms with E-state index in [1.54, 1.807) is 11.8 Å². The van der Waals surface area contributed by atoms with Crippen LogP contribution in [-0.2, 0) is 10.5 Å². The first-order valence-corrected chi connectivity index (χ1v) is 9.65. The van der Waals surface area contributed by atoms with Gasteiger partial charge in [0.1, 0.15) is 0 Å². The number of benzene rings is 2. The van der Waals surface area contributed by atoms with Gasteiger partial charge in [-0.15, -0.1) is 10.2 Å². The van der Waals surface area contributed by atoms with E-state index in [9.17, 15) is 4.79 Å². The normalized spacial score (nSPS) is 11.1. The van der Waals surface area contributed by atoms with Gasteiger partial charge >= 0.3 is 0 Å². The molecule has 0 fully saturated rings. The van der Waals surface area contributed by atoms with Crippen LogP contribution < -0.4 is 5.32 Å². The van der Waals surface area contributed by atoms with Gasteiger partial charge in [-0.2, -0.15) is 0 Å². The molecule has 0 radical (unpaired) electrons. The Morgan fingerprint density at radius 1 is 1.17 bits per heavy atom. The number of nitrogens with one attached hydrogen (secondary N) is 1. The van der Waals surface area contributed by atoms with E-state index in [4.69, 9.17) is 0 Å². The molecule has 1 aromatic heterocycles. The maximum Gasteiger partial charge on any atom is 0.226 e. The Labute approximate surface area is 149 Å². The van der Waals surface area contributed by atoms with Crippen molar-refractivity contribution in [1.82, 2.24) is 10.2 Å². The topological polar surface area (TPSA) is 54.9 Å². The predicted molar refractivity (Wildman–Crippen MR) is 102 cm³/mol. The lowest BCUT2D eigenvalue weighted by Crippen LogP contribution is -2.13. The summed E-state index contributed by atoms with van der Waals surface area (Å²) in [6.07, 6.45) is 0.498. The van der Waals surface area contributed by atoms with Crippen LogP contribution in [0.4, 0.5) is 5.13 Å². The predicted octanol–water partition coefficient (Wildman–Crippen LogP) is 4.97. The van der Waals surface area contributed by atoms with E-state index in [0.717, 1.165) is 10.1 Å². The second-order valence-corrected chi connectivity index (χ2v) is 8.15. The molecular weight excluding hydrogens is 338 g/mol. The number of thioether (sulfide) groups is 1. The number of aromatic nitrogens is 2. The Bertz CT molecular complexity index is 840. The quantitative estimate of drug-likeness (QED) is 0.500. The third kappa shape index (κ3) is 4.33. The van der Waals surface area contributed by atoms with Crippen LogP contribution in [0.15, 0.2) is 46.8 Å². The minimum Gasteiger partial charge on any atom is -0.300 e. The molecule has 3 rings (SSSR count). The number of fused-ring (bicyclic) bond motifs is 1. The largest absolute Gasteiger partial charge is 0.300 e. The summed E-state index contributed by atoms with van der Waals surface area (Å²) in [6, 6.07) is 14.7. The molecule has 124 valence electrons. The van der Waals surface area contributed by atoms with Gasteiger partial charge in [0.05, 0.1) is 0 Å². The van der Waals surface area contributed by atoms with Gasteiger partial charge in [0, 0.05) is 12.2 Å². The second-order valence-electron chi connectivity index (χ2n) is 5.95. The standard InChI is InChI=1S/C18H19N3OS2/c1-12(2)10-16(22)19-17-20-21-18(24-17)23-11-14-8-5-7-13-6-3-4-9-15(13)14/h3-9,12H,10-11H2,1-2H3,(H,19,20,22). The summed E-state index contributed by atoms with van der Waals surface area (Å²) in [5, 5.41) is 14.1. The highest BCUT2D eigenvalue weighted by atomic mass is 32.2. The summed E-state index contributed by atoms with van der Waals surface area (Å²) < 4.78 is 0.864. The summed E-state index contributed by atoms with van der Waals surface area (Å²) in [5.41, 5.74) is 1.28. The SMILES string of the molecule is CC(C)CC(=O)Nc1nnc(SCc2cccc3ccccc23)s1. The van der Waals surface area contributed by atoms with E-state index in [0.29, 0.717) is 17.5 Å². The van der Waals surface area contributed by atoms with Crippen LogP contribution in [0, 0.1) is 5.92 Å². The number of amides is 1. The van der Waals surface area contributed by atoms with Crippen LogP contribution in [0.5, 0.6) is 0 Å². The van der Waals surface area contributed by atoms with Crippen LogP contribution in [-0.4, -0.2) is 16.1 Å². The molecule has 0 bridgehead atoms. The highest BCUT2D eigenvalue weighted by Crippen LogP contribution is 2.30. The molecule has 2 aromatic carbocycles. The van der Waals surface area contributed by atoms with Crippen LogP contribution in [0.1, 0.15) is 25.8 Å². The number of carbonyl (C=O) groups excluding carboxylic acids is 1. The van der Waals surface area contributed by atoms with Crippen molar-refractivity contribution in [3.63, 3.8) is 0 Å². The molecular formula is C18H19N3OS2. The van der Waals surface area contributed by atoms with E-state index < -0.39 is 0 Å². The number of rotatable bonds is 6. The lowest BCUT2D eigenvalue weighted by molar-refractivity contribution is -0.116. The average Bonchev–Trinajstić information content (AvgIpc) is 2.99. The summed E-state index contributed by atoms with van der Waals surface area (Å²) in [6.45, 7) is 4.04. The Hall–Kier alpha value is -1.92. The number of hydrogen-bond donors (Lipinski definition) is 1. The molecule has 0 atom stereocenters. The molecule has 0 aliphatic heterocycles. The molecule has 0 aliphatic carbocycles. The van der Waals surface area contributed by atoms with Crippen LogP contribution in [0.3, 0.4) is 0 Å². The van der Waals surface area contributed by atoms with Crippen molar-refractivity contribution in [1.29, 1.82) is 0 Å². The van der Waals surface area contributed by atoms with Crippen molar-refractivity contribution in [3.8, 4) is 0 Å². The first-order chi connectivity index (χ1) is 11.6. The van der Waals surface area contributed by atoms with E-state index in [2.05, 4.69) is 58.0 Å². The molecule has 24 heavy (non-hydrogen) atoms. The van der Waals surface area contributed by atoms with Gasteiger partial charge in [0.25, 0.3) is 0 Å². The third-order valence-electron chi connectivity index (χ3n) is 3.48. The zero-order valence-electron chi connectivity index (χ0n) is 13.7. The van der Waals surface area contributed by atoms with Crippen molar-refractivity contribution >= 4 is 44.9 Å². The highest BCUT2D eigenvalue weighted by Gasteiger charge is 2.10. The molecule has 6 heteroatoms. The molecule has 0 spiro atoms. The first kappa shape index (κ1) is 16.9. The van der Waals surface area contributed by atoms with Gasteiger partial charge in [0.15, 0.2) is 4.34 Å². The molecule has 1 amide bonds. The smallest absolute Gasteiger partial charge is 0.226 e. The van der Waals surface area contributed by atoms with Gasteiger partial charge in [0.2, 0.25) is 11.0 Å². The fraction of sp³-hybridized carbons (Fsp3) is 0.278. The first-order valence-electron chi connectivity index (χ1n) is 7.84. The van der Waals surface area contributed by atoms with E-state index in [1.165, 1.54) is 27.7 Å². The van der Waals surface area contributed by atoms with E-state index in [1.807, 2.05) is 13.8 Å². The summed E-state index contributed by atoms with van der Waals surface area (Å²) in [7, 11) is 0. The van der Waals surface area contributed by atoms with Gasteiger partial charge in [-0.1, -0.05) is 79.4 Å². The zero-order valence-corrected chi connectivity index (χ0v) is 15.3. The van der Waals surface area contributed by atoms with E-state index in [-0.39, 0.29) is 5.91 Å². The lowest BCUT2D eigenvalue weighted by atomic mass is 10.1. The van der Waals surface area contributed by atoms with Crippen molar-refractivity contribution in [2.24, 2.45) is 5.92 Å². The number of nitrogens with zero attached hydrogens (tertiary/aromatic N) is 2. The van der Waals surface area contributed by atoms with Crippen LogP contribution in [0.2, 0.25) is 0 Å². The van der Waals surface area contributed by atoms with Crippen molar-refractivity contribution in [2.75, 3.05) is 5.32 Å². The van der Waals surface area contributed by atoms with Crippen LogP contribution >= 0.6 is 23.1 Å². The molecule has 4 nitrogen and oxygen atoms in total. The number of carbonyl (C=O) groups is 1. The van der Waals surface area contributed by atoms with Crippen LogP contribution in [0.25, 0.3) is 10.8 Å². The minimum absolute atomic E-state index is 0.00764. The molecule has 0 saturated heterocycles. The maximum atomic E-state index is 11.8. The van der Waals surface area contributed by atoms with Gasteiger partial charge < -0.3 is 5.32 Å².